The monoisotopic (exact) mass is 701 g/mol. The summed E-state index contributed by atoms with van der Waals surface area (Å²) in [6.45, 7) is 4.10. The van der Waals surface area contributed by atoms with Crippen LogP contribution in [0, 0.1) is 0 Å². The van der Waals surface area contributed by atoms with Crippen molar-refractivity contribution < 1.29 is 24.2 Å². The summed E-state index contributed by atoms with van der Waals surface area (Å²) in [7, 11) is 0. The van der Waals surface area contributed by atoms with Crippen LogP contribution >= 0.6 is 0 Å². The van der Waals surface area contributed by atoms with Crippen LogP contribution in [0.25, 0.3) is 0 Å². The largest absolute Gasteiger partial charge is 0.462 e. The van der Waals surface area contributed by atoms with Crippen molar-refractivity contribution in [1.29, 1.82) is 0 Å². The third-order valence-electron chi connectivity index (χ3n) is 9.10. The topological polar surface area (TPSA) is 72.8 Å². The number of unbranched alkanes of at least 4 members (excludes halogenated alkanes) is 22. The van der Waals surface area contributed by atoms with Crippen molar-refractivity contribution in [1.82, 2.24) is 0 Å². The van der Waals surface area contributed by atoms with Crippen molar-refractivity contribution in [2.45, 2.75) is 213 Å². The van der Waals surface area contributed by atoms with Crippen molar-refractivity contribution in [3.8, 4) is 0 Å². The average Bonchev–Trinajstić information content (AvgIpc) is 3.12. The molecule has 0 aromatic rings. The number of allylic oxidation sites excluding steroid dienone is 8. The van der Waals surface area contributed by atoms with Gasteiger partial charge in [0.15, 0.2) is 6.10 Å². The van der Waals surface area contributed by atoms with Crippen molar-refractivity contribution >= 4 is 11.9 Å². The number of ether oxygens (including phenoxy) is 2. The van der Waals surface area contributed by atoms with Crippen LogP contribution < -0.4 is 0 Å². The highest BCUT2D eigenvalue weighted by Crippen LogP contribution is 2.12. The van der Waals surface area contributed by atoms with Crippen LogP contribution in [0.2, 0.25) is 0 Å². The molecule has 0 aromatic heterocycles. The molecule has 0 aliphatic rings. The summed E-state index contributed by atoms with van der Waals surface area (Å²) >= 11 is 0. The molecule has 0 amide bonds. The van der Waals surface area contributed by atoms with E-state index >= 15 is 0 Å². The molecule has 0 saturated carbocycles. The molecule has 0 aromatic carbocycles. The first-order chi connectivity index (χ1) is 24.6. The summed E-state index contributed by atoms with van der Waals surface area (Å²) in [5.41, 5.74) is 0. The molecular weight excluding hydrogens is 620 g/mol. The van der Waals surface area contributed by atoms with E-state index in [1.807, 2.05) is 0 Å². The highest BCUT2D eigenvalue weighted by atomic mass is 16.6. The molecule has 1 N–H and O–H groups in total. The zero-order valence-corrected chi connectivity index (χ0v) is 32.9. The van der Waals surface area contributed by atoms with Crippen LogP contribution in [0.15, 0.2) is 48.6 Å². The van der Waals surface area contributed by atoms with E-state index in [4.69, 9.17) is 9.47 Å². The van der Waals surface area contributed by atoms with Gasteiger partial charge in [-0.1, -0.05) is 165 Å². The fourth-order valence-corrected chi connectivity index (χ4v) is 5.85. The lowest BCUT2D eigenvalue weighted by Gasteiger charge is -2.15. The van der Waals surface area contributed by atoms with Gasteiger partial charge in [-0.05, 0) is 77.0 Å². The van der Waals surface area contributed by atoms with Gasteiger partial charge in [0.05, 0.1) is 6.61 Å². The first-order valence-corrected chi connectivity index (χ1v) is 21.2. The Morgan fingerprint density at radius 1 is 0.460 bits per heavy atom. The number of rotatable bonds is 38. The molecule has 50 heavy (non-hydrogen) atoms. The van der Waals surface area contributed by atoms with Crippen LogP contribution in [0.5, 0.6) is 0 Å². The third-order valence-corrected chi connectivity index (χ3v) is 9.10. The Morgan fingerprint density at radius 2 is 0.800 bits per heavy atom. The Bertz CT molecular complexity index is 842. The van der Waals surface area contributed by atoms with Crippen LogP contribution in [-0.2, 0) is 19.1 Å². The van der Waals surface area contributed by atoms with E-state index < -0.39 is 6.10 Å². The molecule has 1 unspecified atom stereocenters. The molecule has 290 valence electrons. The number of aliphatic hydroxyl groups is 1. The summed E-state index contributed by atoms with van der Waals surface area (Å²) in [5, 5.41) is 9.57. The zero-order chi connectivity index (χ0) is 36.4. The molecule has 5 nitrogen and oxygen atoms in total. The molecule has 1 atom stereocenters. The van der Waals surface area contributed by atoms with E-state index in [0.717, 1.165) is 64.2 Å². The highest BCUT2D eigenvalue weighted by molar-refractivity contribution is 5.70. The predicted molar refractivity (Wildman–Crippen MR) is 214 cm³/mol. The fourth-order valence-electron chi connectivity index (χ4n) is 5.85. The van der Waals surface area contributed by atoms with E-state index in [0.29, 0.717) is 12.8 Å². The second-order valence-corrected chi connectivity index (χ2v) is 14.1. The molecule has 0 saturated heterocycles. The maximum atomic E-state index is 12.2. The van der Waals surface area contributed by atoms with Crippen molar-refractivity contribution in [3.63, 3.8) is 0 Å². The second-order valence-electron chi connectivity index (χ2n) is 14.1. The summed E-state index contributed by atoms with van der Waals surface area (Å²) in [6.07, 6.45) is 51.7. The second kappa shape index (κ2) is 41.3. The quantitative estimate of drug-likeness (QED) is 0.0394. The van der Waals surface area contributed by atoms with Crippen molar-refractivity contribution in [2.24, 2.45) is 0 Å². The predicted octanol–water partition coefficient (Wildman–Crippen LogP) is 13.4. The van der Waals surface area contributed by atoms with Gasteiger partial charge in [0.1, 0.15) is 6.61 Å². The number of carbonyl (C=O) groups is 2. The lowest BCUT2D eigenvalue weighted by atomic mass is 10.1. The Kier molecular flexibility index (Phi) is 39.5. The first-order valence-electron chi connectivity index (χ1n) is 21.2. The third kappa shape index (κ3) is 38.7. The van der Waals surface area contributed by atoms with Gasteiger partial charge >= 0.3 is 11.9 Å². The minimum Gasteiger partial charge on any atom is -0.462 e. The molecule has 0 fully saturated rings. The molecule has 0 rings (SSSR count). The minimum atomic E-state index is -0.782. The van der Waals surface area contributed by atoms with E-state index in [9.17, 15) is 14.7 Å². The lowest BCUT2D eigenvalue weighted by molar-refractivity contribution is -0.161. The first kappa shape index (κ1) is 47.9. The molecule has 5 heteroatoms. The maximum Gasteiger partial charge on any atom is 0.306 e. The number of esters is 2. The van der Waals surface area contributed by atoms with E-state index in [2.05, 4.69) is 62.5 Å². The lowest BCUT2D eigenvalue weighted by Crippen LogP contribution is -2.28. The normalized spacial score (nSPS) is 12.6. The zero-order valence-electron chi connectivity index (χ0n) is 32.9. The molecule has 0 bridgehead atoms. The highest BCUT2D eigenvalue weighted by Gasteiger charge is 2.16. The Balaban J connectivity index is 3.59. The molecule has 0 heterocycles. The summed E-state index contributed by atoms with van der Waals surface area (Å²) in [5.74, 6) is -0.614. The average molecular weight is 701 g/mol. The van der Waals surface area contributed by atoms with Gasteiger partial charge in [-0.3, -0.25) is 9.59 Å². The van der Waals surface area contributed by atoms with Crippen LogP contribution in [0.3, 0.4) is 0 Å². The van der Waals surface area contributed by atoms with Gasteiger partial charge in [-0.25, -0.2) is 0 Å². The minimum absolute atomic E-state index is 0.0759. The SMILES string of the molecule is CCCCCCC/C=C\C/C=C\C/C=C\CCCCCCCCC(=O)OC(CO)COC(=O)CCCCCCC/C=C\CCCCCCCC. The van der Waals surface area contributed by atoms with Crippen LogP contribution in [-0.4, -0.2) is 36.4 Å². The fraction of sp³-hybridized carbons (Fsp3) is 0.778. The molecule has 0 aliphatic heterocycles. The van der Waals surface area contributed by atoms with Gasteiger partial charge in [-0.2, -0.15) is 0 Å². The standard InChI is InChI=1S/C45H80O5/c1-3-5-7-9-11-13-15-17-19-20-21-22-23-24-26-28-30-32-34-36-38-40-45(48)50-43(41-46)42-49-44(47)39-37-35-33-31-29-27-25-18-16-14-12-10-8-6-4-2/h15,17-18,20-21,23-25,43,46H,3-14,16,19,22,26-42H2,1-2H3/b17-15-,21-20-,24-23-,25-18-. The molecule has 0 spiro atoms. The summed E-state index contributed by atoms with van der Waals surface area (Å²) in [6, 6.07) is 0. The van der Waals surface area contributed by atoms with Crippen molar-refractivity contribution in [3.05, 3.63) is 48.6 Å². The van der Waals surface area contributed by atoms with Gasteiger partial charge in [-0.15, -0.1) is 0 Å². The van der Waals surface area contributed by atoms with Gasteiger partial charge in [0, 0.05) is 12.8 Å². The van der Waals surface area contributed by atoms with Gasteiger partial charge in [0.2, 0.25) is 0 Å². The number of hydrogen-bond donors (Lipinski definition) is 1. The maximum absolute atomic E-state index is 12.2. The van der Waals surface area contributed by atoms with Gasteiger partial charge < -0.3 is 14.6 Å². The van der Waals surface area contributed by atoms with Crippen LogP contribution in [0.4, 0.5) is 0 Å². The number of hydrogen-bond acceptors (Lipinski definition) is 5. The number of aliphatic hydroxyl groups excluding tert-OH is 1. The van der Waals surface area contributed by atoms with E-state index in [1.54, 1.807) is 0 Å². The van der Waals surface area contributed by atoms with Crippen molar-refractivity contribution in [2.75, 3.05) is 13.2 Å². The molecule has 0 aliphatic carbocycles. The Hall–Kier alpha value is -2.14. The molecule has 0 radical (unpaired) electrons. The van der Waals surface area contributed by atoms with E-state index in [-0.39, 0.29) is 25.2 Å². The summed E-state index contributed by atoms with van der Waals surface area (Å²) in [4.78, 5) is 24.3. The Labute approximate surface area is 309 Å². The molecular formula is C45H80O5. The Morgan fingerprint density at radius 3 is 1.22 bits per heavy atom. The van der Waals surface area contributed by atoms with Crippen LogP contribution in [0.1, 0.15) is 206 Å². The smallest absolute Gasteiger partial charge is 0.306 e. The van der Waals surface area contributed by atoms with Gasteiger partial charge in [0.25, 0.3) is 0 Å². The number of carbonyl (C=O) groups excluding carboxylic acids is 2. The van der Waals surface area contributed by atoms with E-state index in [1.165, 1.54) is 116 Å². The summed E-state index contributed by atoms with van der Waals surface area (Å²) < 4.78 is 10.6.